The number of hydrogen-bond acceptors (Lipinski definition) is 5. The number of benzene rings is 1. The third kappa shape index (κ3) is 5.62. The molecule has 150 valence electrons. The minimum absolute atomic E-state index is 0.202. The average molecular weight is 401 g/mol. The van der Waals surface area contributed by atoms with Gasteiger partial charge in [-0.1, -0.05) is 19.1 Å². The van der Waals surface area contributed by atoms with Gasteiger partial charge in [-0.15, -0.1) is 11.3 Å². The highest BCUT2D eigenvalue weighted by molar-refractivity contribution is 7.14. The fourth-order valence-electron chi connectivity index (χ4n) is 3.72. The van der Waals surface area contributed by atoms with Crippen LogP contribution in [0.3, 0.4) is 0 Å². The molecule has 6 nitrogen and oxygen atoms in total. The van der Waals surface area contributed by atoms with Crippen molar-refractivity contribution in [2.24, 2.45) is 11.8 Å². The highest BCUT2D eigenvalue weighted by Crippen LogP contribution is 2.27. The molecule has 2 aromatic rings. The first-order chi connectivity index (χ1) is 13.4. The maximum absolute atomic E-state index is 12.3. The molecule has 1 aliphatic heterocycles. The number of likely N-dealkylation sites (tertiary alicyclic amines) is 1. The highest BCUT2D eigenvalue weighted by Gasteiger charge is 2.23. The predicted molar refractivity (Wildman–Crippen MR) is 114 cm³/mol. The number of hydrogen-bond donors (Lipinski definition) is 2. The van der Waals surface area contributed by atoms with Crippen LogP contribution in [0, 0.1) is 11.8 Å². The molecule has 1 aliphatic rings. The Morgan fingerprint density at radius 2 is 2.00 bits per heavy atom. The van der Waals surface area contributed by atoms with Crippen molar-refractivity contribution in [2.45, 2.75) is 33.1 Å². The van der Waals surface area contributed by atoms with Crippen molar-refractivity contribution < 1.29 is 9.59 Å². The molecule has 1 aromatic carbocycles. The van der Waals surface area contributed by atoms with Crippen molar-refractivity contribution >= 4 is 34.0 Å². The van der Waals surface area contributed by atoms with Crippen LogP contribution in [0.25, 0.3) is 0 Å². The summed E-state index contributed by atoms with van der Waals surface area (Å²) in [7, 11) is 2.20. The first kappa shape index (κ1) is 20.5. The van der Waals surface area contributed by atoms with Crippen molar-refractivity contribution in [2.75, 3.05) is 30.8 Å². The molecule has 7 heteroatoms. The van der Waals surface area contributed by atoms with Crippen molar-refractivity contribution in [1.29, 1.82) is 0 Å². The number of aromatic nitrogens is 1. The largest absolute Gasteiger partial charge is 0.321 e. The maximum atomic E-state index is 12.3. The first-order valence-corrected chi connectivity index (χ1v) is 10.6. The van der Waals surface area contributed by atoms with E-state index < -0.39 is 0 Å². The van der Waals surface area contributed by atoms with Crippen LogP contribution >= 0.6 is 11.3 Å². The quantitative estimate of drug-likeness (QED) is 0.772. The maximum Gasteiger partial charge on any atom is 0.275 e. The molecule has 0 bridgehead atoms. The molecule has 2 atom stereocenters. The van der Waals surface area contributed by atoms with Gasteiger partial charge in [0.15, 0.2) is 5.13 Å². The third-order valence-electron chi connectivity index (χ3n) is 5.32. The van der Waals surface area contributed by atoms with E-state index in [2.05, 4.69) is 46.6 Å². The minimum Gasteiger partial charge on any atom is -0.321 e. The van der Waals surface area contributed by atoms with E-state index in [0.717, 1.165) is 23.9 Å². The zero-order valence-electron chi connectivity index (χ0n) is 16.7. The van der Waals surface area contributed by atoms with Crippen molar-refractivity contribution in [1.82, 2.24) is 9.88 Å². The Morgan fingerprint density at radius 3 is 2.68 bits per heavy atom. The van der Waals surface area contributed by atoms with Gasteiger partial charge in [-0.2, -0.15) is 0 Å². The zero-order valence-corrected chi connectivity index (χ0v) is 17.5. The molecule has 1 saturated heterocycles. The van der Waals surface area contributed by atoms with Crippen molar-refractivity contribution in [3.63, 3.8) is 0 Å². The van der Waals surface area contributed by atoms with Gasteiger partial charge in [0.1, 0.15) is 5.69 Å². The number of rotatable bonds is 6. The molecule has 1 fully saturated rings. The molecule has 28 heavy (non-hydrogen) atoms. The fourth-order valence-corrected chi connectivity index (χ4v) is 4.46. The summed E-state index contributed by atoms with van der Waals surface area (Å²) < 4.78 is 0. The summed E-state index contributed by atoms with van der Waals surface area (Å²) in [4.78, 5) is 29.9. The number of aryl methyl sites for hydroxylation is 1. The Kier molecular flexibility index (Phi) is 6.80. The van der Waals surface area contributed by atoms with Gasteiger partial charge in [0.2, 0.25) is 5.91 Å². The third-order valence-corrected chi connectivity index (χ3v) is 6.08. The molecule has 0 aliphatic carbocycles. The van der Waals surface area contributed by atoms with E-state index in [1.54, 1.807) is 5.38 Å². The van der Waals surface area contributed by atoms with Crippen LogP contribution in [-0.2, 0) is 11.2 Å². The molecule has 2 unspecified atom stereocenters. The molecule has 0 saturated carbocycles. The van der Waals surface area contributed by atoms with Crippen LogP contribution < -0.4 is 10.6 Å². The Morgan fingerprint density at radius 1 is 1.25 bits per heavy atom. The Bertz CT molecular complexity index is 818. The summed E-state index contributed by atoms with van der Waals surface area (Å²) >= 11 is 1.23. The number of carbonyl (C=O) groups is 2. The monoisotopic (exact) mass is 400 g/mol. The van der Waals surface area contributed by atoms with Crippen LogP contribution in [0.5, 0.6) is 0 Å². The average Bonchev–Trinajstić information content (AvgIpc) is 3.10. The standard InChI is InChI=1S/C21H28N4O2S/c1-14-12-25(3)11-10-17(14)7-4-16-5-8-18(9-6-16)23-20(27)19-13-28-21(24-19)22-15(2)26/h5-6,8-9,13-14,17H,4,7,10-12H2,1-3H3,(H,23,27)(H,22,24,26). The van der Waals surface area contributed by atoms with Gasteiger partial charge >= 0.3 is 0 Å². The van der Waals surface area contributed by atoms with Gasteiger partial charge in [0, 0.05) is 24.5 Å². The van der Waals surface area contributed by atoms with Gasteiger partial charge < -0.3 is 15.5 Å². The van der Waals surface area contributed by atoms with E-state index in [-0.39, 0.29) is 11.8 Å². The molecule has 0 spiro atoms. The Hall–Kier alpha value is -2.25. The number of carbonyl (C=O) groups excluding carboxylic acids is 2. The SMILES string of the molecule is CC(=O)Nc1nc(C(=O)Nc2ccc(CCC3CCN(C)CC3C)cc2)cs1. The van der Waals surface area contributed by atoms with E-state index in [0.29, 0.717) is 10.8 Å². The lowest BCUT2D eigenvalue weighted by Crippen LogP contribution is -2.36. The topological polar surface area (TPSA) is 74.3 Å². The minimum atomic E-state index is -0.277. The molecule has 2 amide bonds. The molecule has 0 radical (unpaired) electrons. The van der Waals surface area contributed by atoms with Gasteiger partial charge in [-0.25, -0.2) is 4.98 Å². The van der Waals surface area contributed by atoms with Gasteiger partial charge in [0.05, 0.1) is 0 Å². The lowest BCUT2D eigenvalue weighted by Gasteiger charge is -2.34. The molecular formula is C21H28N4O2S. The molecule has 1 aromatic heterocycles. The lowest BCUT2D eigenvalue weighted by molar-refractivity contribution is -0.114. The smallest absolute Gasteiger partial charge is 0.275 e. The number of thiazole rings is 1. The normalized spacial score (nSPS) is 20.0. The van der Waals surface area contributed by atoms with E-state index in [4.69, 9.17) is 0 Å². The molecule has 2 N–H and O–H groups in total. The van der Waals surface area contributed by atoms with E-state index in [1.165, 1.54) is 49.8 Å². The summed E-state index contributed by atoms with van der Waals surface area (Å²) in [5.74, 6) is 1.06. The number of nitrogens with zero attached hydrogens (tertiary/aromatic N) is 2. The van der Waals surface area contributed by atoms with E-state index in [9.17, 15) is 9.59 Å². The highest BCUT2D eigenvalue weighted by atomic mass is 32.1. The van der Waals surface area contributed by atoms with Crippen LogP contribution in [0.4, 0.5) is 10.8 Å². The second-order valence-electron chi connectivity index (χ2n) is 7.70. The number of anilines is 2. The van der Waals surface area contributed by atoms with Gasteiger partial charge in [0.25, 0.3) is 5.91 Å². The number of piperidine rings is 1. The van der Waals surface area contributed by atoms with Crippen LogP contribution in [0.1, 0.15) is 42.7 Å². The Balaban J connectivity index is 1.50. The molecule has 3 rings (SSSR count). The molecular weight excluding hydrogens is 372 g/mol. The van der Waals surface area contributed by atoms with E-state index in [1.807, 2.05) is 12.1 Å². The van der Waals surface area contributed by atoms with Gasteiger partial charge in [-0.05, 0) is 62.4 Å². The van der Waals surface area contributed by atoms with Crippen molar-refractivity contribution in [3.05, 3.63) is 40.9 Å². The second-order valence-corrected chi connectivity index (χ2v) is 8.56. The number of amides is 2. The summed E-state index contributed by atoms with van der Waals surface area (Å²) in [6.07, 6.45) is 3.56. The second kappa shape index (κ2) is 9.30. The Labute approximate surface area is 170 Å². The summed E-state index contributed by atoms with van der Waals surface area (Å²) in [6, 6.07) is 8.04. The lowest BCUT2D eigenvalue weighted by atomic mass is 9.83. The summed E-state index contributed by atoms with van der Waals surface area (Å²) in [5.41, 5.74) is 2.34. The zero-order chi connectivity index (χ0) is 20.1. The molecule has 2 heterocycles. The predicted octanol–water partition coefficient (Wildman–Crippen LogP) is 3.87. The van der Waals surface area contributed by atoms with Crippen LogP contribution in [-0.4, -0.2) is 41.8 Å². The van der Waals surface area contributed by atoms with Gasteiger partial charge in [-0.3, -0.25) is 9.59 Å². The first-order valence-electron chi connectivity index (χ1n) is 9.72. The summed E-state index contributed by atoms with van der Waals surface area (Å²) in [5, 5.41) is 7.50. The van der Waals surface area contributed by atoms with E-state index >= 15 is 0 Å². The number of nitrogens with one attached hydrogen (secondary N) is 2. The van der Waals surface area contributed by atoms with Crippen LogP contribution in [0.15, 0.2) is 29.6 Å². The van der Waals surface area contributed by atoms with Crippen LogP contribution in [0.2, 0.25) is 0 Å². The summed E-state index contributed by atoms with van der Waals surface area (Å²) in [6.45, 7) is 6.15. The fraction of sp³-hybridized carbons (Fsp3) is 0.476. The van der Waals surface area contributed by atoms with Crippen molar-refractivity contribution in [3.8, 4) is 0 Å².